The van der Waals surface area contributed by atoms with Gasteiger partial charge in [-0.05, 0) is 19.3 Å². The maximum Gasteiger partial charge on any atom is 0.219 e. The molecule has 2 nitrogen and oxygen atoms in total. The van der Waals surface area contributed by atoms with Gasteiger partial charge in [0.25, 0.3) is 0 Å². The van der Waals surface area contributed by atoms with E-state index in [9.17, 15) is 4.79 Å². The predicted octanol–water partition coefficient (Wildman–Crippen LogP) is 2.18. The molecule has 0 unspecified atom stereocenters. The second kappa shape index (κ2) is 5.57. The van der Waals surface area contributed by atoms with Crippen molar-refractivity contribution >= 4 is 5.91 Å². The van der Waals surface area contributed by atoms with E-state index in [4.69, 9.17) is 0 Å². The molecule has 0 saturated heterocycles. The lowest BCUT2D eigenvalue weighted by Gasteiger charge is -2.09. The van der Waals surface area contributed by atoms with Crippen LogP contribution in [0.25, 0.3) is 0 Å². The Morgan fingerprint density at radius 3 is 3.08 bits per heavy atom. The van der Waals surface area contributed by atoms with Crippen molar-refractivity contribution in [3.63, 3.8) is 0 Å². The average molecular weight is 179 g/mol. The summed E-state index contributed by atoms with van der Waals surface area (Å²) in [6.45, 7) is 2.66. The van der Waals surface area contributed by atoms with Gasteiger partial charge in [-0.2, -0.15) is 0 Å². The van der Waals surface area contributed by atoms with Crippen molar-refractivity contribution in [1.82, 2.24) is 5.32 Å². The zero-order chi connectivity index (χ0) is 9.52. The summed E-state index contributed by atoms with van der Waals surface area (Å²) >= 11 is 0. The smallest absolute Gasteiger partial charge is 0.219 e. The fraction of sp³-hybridized carbons (Fsp3) is 0.545. The van der Waals surface area contributed by atoms with Gasteiger partial charge in [0.15, 0.2) is 0 Å². The molecule has 1 amide bonds. The Kier molecular flexibility index (Phi) is 4.30. The third-order valence-electron chi connectivity index (χ3n) is 2.19. The van der Waals surface area contributed by atoms with E-state index in [0.717, 1.165) is 25.8 Å². The topological polar surface area (TPSA) is 29.1 Å². The molecule has 1 rings (SSSR count). The number of allylic oxidation sites excluding steroid dienone is 3. The van der Waals surface area contributed by atoms with E-state index in [1.807, 2.05) is 6.92 Å². The van der Waals surface area contributed by atoms with E-state index < -0.39 is 0 Å². The van der Waals surface area contributed by atoms with Crippen LogP contribution in [0.1, 0.15) is 32.6 Å². The lowest BCUT2D eigenvalue weighted by atomic mass is 10.0. The van der Waals surface area contributed by atoms with E-state index in [0.29, 0.717) is 6.42 Å². The molecule has 0 spiro atoms. The Balaban J connectivity index is 2.15. The molecule has 0 radical (unpaired) electrons. The summed E-state index contributed by atoms with van der Waals surface area (Å²) in [4.78, 5) is 10.9. The first-order valence-electron chi connectivity index (χ1n) is 4.94. The highest BCUT2D eigenvalue weighted by Crippen LogP contribution is 2.14. The Morgan fingerprint density at radius 1 is 1.62 bits per heavy atom. The first-order valence-corrected chi connectivity index (χ1v) is 4.94. The van der Waals surface area contributed by atoms with Gasteiger partial charge in [0.1, 0.15) is 0 Å². The normalized spacial score (nSPS) is 15.3. The van der Waals surface area contributed by atoms with Crippen LogP contribution >= 0.6 is 0 Å². The van der Waals surface area contributed by atoms with Crippen LogP contribution in [0.3, 0.4) is 0 Å². The summed E-state index contributed by atoms with van der Waals surface area (Å²) in [5.41, 5.74) is 1.44. The third-order valence-corrected chi connectivity index (χ3v) is 2.19. The number of carbonyl (C=O) groups is 1. The summed E-state index contributed by atoms with van der Waals surface area (Å²) in [6.07, 6.45) is 10.3. The molecule has 1 aliphatic carbocycles. The molecule has 13 heavy (non-hydrogen) atoms. The maximum absolute atomic E-state index is 10.9. The molecule has 0 aromatic heterocycles. The van der Waals surface area contributed by atoms with Crippen LogP contribution in [0.4, 0.5) is 0 Å². The van der Waals surface area contributed by atoms with E-state index in [1.165, 1.54) is 5.57 Å². The molecular weight excluding hydrogens is 162 g/mol. The van der Waals surface area contributed by atoms with Crippen molar-refractivity contribution in [1.29, 1.82) is 0 Å². The Labute approximate surface area is 79.7 Å². The van der Waals surface area contributed by atoms with E-state index >= 15 is 0 Å². The molecule has 0 aromatic rings. The van der Waals surface area contributed by atoms with Crippen molar-refractivity contribution in [2.24, 2.45) is 0 Å². The standard InChI is InChI=1S/C11H17NO/c1-2-11(13)12-9-8-10-6-4-3-5-7-10/h3-4,6H,2,5,7-9H2,1H3,(H,12,13). The van der Waals surface area contributed by atoms with Crippen molar-refractivity contribution < 1.29 is 4.79 Å². The van der Waals surface area contributed by atoms with E-state index in [2.05, 4.69) is 23.5 Å². The summed E-state index contributed by atoms with van der Waals surface area (Å²) in [5.74, 6) is 0.145. The van der Waals surface area contributed by atoms with Gasteiger partial charge in [-0.3, -0.25) is 4.79 Å². The van der Waals surface area contributed by atoms with Gasteiger partial charge in [0.05, 0.1) is 0 Å². The lowest BCUT2D eigenvalue weighted by Crippen LogP contribution is -2.23. The zero-order valence-corrected chi connectivity index (χ0v) is 8.18. The highest BCUT2D eigenvalue weighted by Gasteiger charge is 2.00. The number of carbonyl (C=O) groups excluding carboxylic acids is 1. The van der Waals surface area contributed by atoms with E-state index in [1.54, 1.807) is 0 Å². The summed E-state index contributed by atoms with van der Waals surface area (Å²) in [7, 11) is 0. The minimum atomic E-state index is 0.145. The Bertz CT molecular complexity index is 228. The largest absolute Gasteiger partial charge is 0.356 e. The highest BCUT2D eigenvalue weighted by atomic mass is 16.1. The number of amides is 1. The van der Waals surface area contributed by atoms with Gasteiger partial charge in [-0.1, -0.05) is 30.7 Å². The molecule has 0 fully saturated rings. The minimum Gasteiger partial charge on any atom is -0.356 e. The van der Waals surface area contributed by atoms with Crippen molar-refractivity contribution in [2.75, 3.05) is 6.54 Å². The Hall–Kier alpha value is -1.05. The molecule has 0 saturated carbocycles. The molecular formula is C11H17NO. The van der Waals surface area contributed by atoms with Gasteiger partial charge >= 0.3 is 0 Å². The zero-order valence-electron chi connectivity index (χ0n) is 8.18. The lowest BCUT2D eigenvalue weighted by molar-refractivity contribution is -0.120. The van der Waals surface area contributed by atoms with Crippen LogP contribution in [0.5, 0.6) is 0 Å². The van der Waals surface area contributed by atoms with Crippen LogP contribution < -0.4 is 5.32 Å². The first-order chi connectivity index (χ1) is 6.33. The molecule has 1 aliphatic rings. The van der Waals surface area contributed by atoms with Gasteiger partial charge in [-0.25, -0.2) is 0 Å². The molecule has 0 heterocycles. The van der Waals surface area contributed by atoms with E-state index in [-0.39, 0.29) is 5.91 Å². The predicted molar refractivity (Wildman–Crippen MR) is 54.4 cm³/mol. The SMILES string of the molecule is CCC(=O)NCCC1=CC=CCC1. The van der Waals surface area contributed by atoms with Gasteiger partial charge in [0, 0.05) is 13.0 Å². The molecule has 0 bridgehead atoms. The number of nitrogens with one attached hydrogen (secondary N) is 1. The molecule has 0 aromatic carbocycles. The van der Waals surface area contributed by atoms with Crippen molar-refractivity contribution in [3.8, 4) is 0 Å². The summed E-state index contributed by atoms with van der Waals surface area (Å²) in [6, 6.07) is 0. The van der Waals surface area contributed by atoms with Crippen LogP contribution in [0, 0.1) is 0 Å². The van der Waals surface area contributed by atoms with Crippen LogP contribution in [0.2, 0.25) is 0 Å². The third kappa shape index (κ3) is 3.92. The number of hydrogen-bond donors (Lipinski definition) is 1. The second-order valence-electron chi connectivity index (χ2n) is 3.25. The molecule has 0 atom stereocenters. The summed E-state index contributed by atoms with van der Waals surface area (Å²) < 4.78 is 0. The first kappa shape index (κ1) is 10.0. The van der Waals surface area contributed by atoms with Gasteiger partial charge < -0.3 is 5.32 Å². The maximum atomic E-state index is 10.9. The highest BCUT2D eigenvalue weighted by molar-refractivity contribution is 5.75. The average Bonchev–Trinajstić information content (AvgIpc) is 2.19. The van der Waals surface area contributed by atoms with Crippen LogP contribution in [0.15, 0.2) is 23.8 Å². The second-order valence-corrected chi connectivity index (χ2v) is 3.25. The molecule has 1 N–H and O–H groups in total. The van der Waals surface area contributed by atoms with Crippen LogP contribution in [-0.4, -0.2) is 12.5 Å². The van der Waals surface area contributed by atoms with Gasteiger partial charge in [-0.15, -0.1) is 0 Å². The molecule has 0 aliphatic heterocycles. The summed E-state index contributed by atoms with van der Waals surface area (Å²) in [5, 5.41) is 2.88. The van der Waals surface area contributed by atoms with Crippen molar-refractivity contribution in [3.05, 3.63) is 23.8 Å². The monoisotopic (exact) mass is 179 g/mol. The fourth-order valence-electron chi connectivity index (χ4n) is 1.35. The fourth-order valence-corrected chi connectivity index (χ4v) is 1.35. The minimum absolute atomic E-state index is 0.145. The quantitative estimate of drug-likeness (QED) is 0.704. The molecule has 72 valence electrons. The number of rotatable bonds is 4. The van der Waals surface area contributed by atoms with Crippen LogP contribution in [-0.2, 0) is 4.79 Å². The Morgan fingerprint density at radius 2 is 2.46 bits per heavy atom. The van der Waals surface area contributed by atoms with Gasteiger partial charge in [0.2, 0.25) is 5.91 Å². The van der Waals surface area contributed by atoms with Crippen molar-refractivity contribution in [2.45, 2.75) is 32.6 Å². The number of hydrogen-bond acceptors (Lipinski definition) is 1. The molecule has 2 heteroatoms.